The van der Waals surface area contributed by atoms with Gasteiger partial charge in [-0.05, 0) is 42.4 Å². The molecule has 224 valence electrons. The number of nitriles is 1. The van der Waals surface area contributed by atoms with E-state index in [1.165, 1.54) is 37.2 Å². The highest BCUT2D eigenvalue weighted by Crippen LogP contribution is 2.37. The third-order valence-electron chi connectivity index (χ3n) is 6.18. The van der Waals surface area contributed by atoms with E-state index in [-0.39, 0.29) is 41.9 Å². The number of carbonyl (C=O) groups excluding carboxylic acids is 1. The summed E-state index contributed by atoms with van der Waals surface area (Å²) in [6.07, 6.45) is -1.77. The zero-order chi connectivity index (χ0) is 31.1. The molecule has 0 saturated heterocycles. The number of nitrogens with one attached hydrogen (secondary N) is 3. The Morgan fingerprint density at radius 1 is 1.16 bits per heavy atom. The maximum atomic E-state index is 14.0. The van der Waals surface area contributed by atoms with Crippen molar-refractivity contribution in [2.45, 2.75) is 25.3 Å². The van der Waals surface area contributed by atoms with Crippen LogP contribution in [0.3, 0.4) is 0 Å². The van der Waals surface area contributed by atoms with Crippen LogP contribution in [-0.2, 0) is 18.9 Å². The first-order chi connectivity index (χ1) is 20.6. The summed E-state index contributed by atoms with van der Waals surface area (Å²) in [6, 6.07) is 10.1. The number of pyridine rings is 1. The van der Waals surface area contributed by atoms with Crippen molar-refractivity contribution in [1.29, 1.82) is 5.26 Å². The van der Waals surface area contributed by atoms with Crippen molar-refractivity contribution in [2.75, 3.05) is 31.4 Å². The smallest absolute Gasteiger partial charge is 0.421 e. The molecule has 4 aromatic rings. The van der Waals surface area contributed by atoms with Gasteiger partial charge in [0.25, 0.3) is 5.91 Å². The Hall–Kier alpha value is -4.80. The SMILES string of the molecule is CNC(=O)c1nc(-c2cnn(CCCO)c2C#N)ccc1Nc1nc(Nc2ccc(CP)cc2OC)ncc1C(F)(F)F. The zero-order valence-electron chi connectivity index (χ0n) is 23.0. The average molecular weight is 614 g/mol. The van der Waals surface area contributed by atoms with E-state index in [0.717, 1.165) is 5.56 Å². The number of amides is 1. The third-order valence-corrected chi connectivity index (χ3v) is 6.65. The lowest BCUT2D eigenvalue weighted by Crippen LogP contribution is -2.21. The van der Waals surface area contributed by atoms with Gasteiger partial charge in [-0.25, -0.2) is 9.97 Å². The number of halogens is 3. The topological polar surface area (TPSA) is 163 Å². The van der Waals surface area contributed by atoms with Crippen LogP contribution in [0, 0.1) is 11.3 Å². The van der Waals surface area contributed by atoms with E-state index in [1.807, 2.05) is 12.1 Å². The molecule has 3 heterocycles. The molecule has 0 fully saturated rings. The molecular weight excluding hydrogens is 586 g/mol. The highest BCUT2D eigenvalue weighted by atomic mass is 31.0. The lowest BCUT2D eigenvalue weighted by atomic mass is 10.1. The molecule has 1 amide bonds. The molecule has 1 unspecified atom stereocenters. The van der Waals surface area contributed by atoms with Crippen LogP contribution in [-0.4, -0.2) is 56.5 Å². The van der Waals surface area contributed by atoms with Gasteiger partial charge in [0.15, 0.2) is 5.69 Å². The van der Waals surface area contributed by atoms with Gasteiger partial charge >= 0.3 is 6.18 Å². The Bertz CT molecular complexity index is 1670. The number of aliphatic hydroxyl groups is 1. The number of aromatic nitrogens is 5. The Morgan fingerprint density at radius 3 is 2.58 bits per heavy atom. The number of carbonyl (C=O) groups is 1. The molecule has 4 rings (SSSR count). The van der Waals surface area contributed by atoms with Crippen molar-refractivity contribution in [1.82, 2.24) is 30.0 Å². The maximum Gasteiger partial charge on any atom is 0.421 e. The van der Waals surface area contributed by atoms with E-state index in [4.69, 9.17) is 9.84 Å². The van der Waals surface area contributed by atoms with Crippen molar-refractivity contribution < 1.29 is 27.8 Å². The Morgan fingerprint density at radius 2 is 1.93 bits per heavy atom. The van der Waals surface area contributed by atoms with Crippen molar-refractivity contribution in [2.24, 2.45) is 0 Å². The van der Waals surface area contributed by atoms with Crippen LogP contribution in [0.2, 0.25) is 0 Å². The number of hydrogen-bond acceptors (Lipinski definition) is 10. The number of benzene rings is 1. The molecule has 0 aliphatic rings. The fraction of sp³-hybridized carbons (Fsp3) is 0.259. The molecular formula is C27H27F3N9O3P. The summed E-state index contributed by atoms with van der Waals surface area (Å²) in [5.41, 5.74) is 0.542. The van der Waals surface area contributed by atoms with Crippen molar-refractivity contribution >= 4 is 38.3 Å². The van der Waals surface area contributed by atoms with Gasteiger partial charge in [-0.15, -0.1) is 9.24 Å². The summed E-state index contributed by atoms with van der Waals surface area (Å²) in [7, 11) is 5.40. The van der Waals surface area contributed by atoms with Crippen molar-refractivity contribution in [3.05, 3.63) is 65.2 Å². The summed E-state index contributed by atoms with van der Waals surface area (Å²) in [4.78, 5) is 25.1. The van der Waals surface area contributed by atoms with E-state index < -0.39 is 23.5 Å². The number of anilines is 4. The second-order valence-electron chi connectivity index (χ2n) is 8.93. The highest BCUT2D eigenvalue weighted by Gasteiger charge is 2.36. The van der Waals surface area contributed by atoms with Gasteiger partial charge < -0.3 is 25.8 Å². The van der Waals surface area contributed by atoms with Crippen LogP contribution < -0.4 is 20.7 Å². The largest absolute Gasteiger partial charge is 0.495 e. The Kier molecular flexibility index (Phi) is 9.74. The van der Waals surface area contributed by atoms with E-state index >= 15 is 0 Å². The molecule has 3 aromatic heterocycles. The minimum absolute atomic E-state index is 0.0770. The Balaban J connectivity index is 1.75. The van der Waals surface area contributed by atoms with Gasteiger partial charge in [0.1, 0.15) is 28.9 Å². The fourth-order valence-corrected chi connectivity index (χ4v) is 4.29. The standard InChI is InChI=1S/C27H27F3N9O3P/c1-32-25(41)23-20(7-6-18(35-23)16-12-34-39(8-3-9-40)21(16)11-31)36-24-17(27(28,29)30)13-33-26(38-24)37-19-5-4-15(14-43)10-22(19)42-2/h4-7,10,12-13,40H,3,8-9,14,43H2,1-2H3,(H,32,41)(H2,33,36,37,38). The summed E-state index contributed by atoms with van der Waals surface area (Å²) in [6.45, 7) is 0.178. The van der Waals surface area contributed by atoms with Gasteiger partial charge in [-0.3, -0.25) is 9.48 Å². The second-order valence-corrected chi connectivity index (χ2v) is 9.34. The third kappa shape index (κ3) is 6.99. The normalized spacial score (nSPS) is 11.1. The maximum absolute atomic E-state index is 14.0. The number of methoxy groups -OCH3 is 1. The van der Waals surface area contributed by atoms with Gasteiger partial charge in [-0.2, -0.15) is 28.5 Å². The van der Waals surface area contributed by atoms with Crippen molar-refractivity contribution in [3.63, 3.8) is 0 Å². The van der Waals surface area contributed by atoms with Crippen LogP contribution in [0.5, 0.6) is 5.75 Å². The molecule has 0 bridgehead atoms. The highest BCUT2D eigenvalue weighted by molar-refractivity contribution is 7.15. The molecule has 0 spiro atoms. The number of aliphatic hydroxyl groups excluding tert-OH is 1. The fourth-order valence-electron chi connectivity index (χ4n) is 4.04. The monoisotopic (exact) mass is 613 g/mol. The predicted octanol–water partition coefficient (Wildman–Crippen LogP) is 4.24. The second kappa shape index (κ2) is 13.5. The van der Waals surface area contributed by atoms with Crippen LogP contribution >= 0.6 is 9.24 Å². The van der Waals surface area contributed by atoms with Crippen molar-refractivity contribution in [3.8, 4) is 23.1 Å². The molecule has 1 atom stereocenters. The molecule has 43 heavy (non-hydrogen) atoms. The summed E-state index contributed by atoms with van der Waals surface area (Å²) < 4.78 is 48.7. The summed E-state index contributed by atoms with van der Waals surface area (Å²) in [5, 5.41) is 30.9. The van der Waals surface area contributed by atoms with E-state index in [9.17, 15) is 23.2 Å². The molecule has 0 radical (unpaired) electrons. The molecule has 4 N–H and O–H groups in total. The summed E-state index contributed by atoms with van der Waals surface area (Å²) in [5.74, 6) is -1.04. The van der Waals surface area contributed by atoms with Gasteiger partial charge in [0, 0.05) is 26.4 Å². The number of ether oxygens (including phenoxy) is 1. The first-order valence-electron chi connectivity index (χ1n) is 12.8. The quantitative estimate of drug-likeness (QED) is 0.180. The van der Waals surface area contributed by atoms with E-state index in [2.05, 4.69) is 45.2 Å². The molecule has 0 saturated carbocycles. The number of hydrogen-bond donors (Lipinski definition) is 4. The van der Waals surface area contributed by atoms with E-state index in [0.29, 0.717) is 35.8 Å². The van der Waals surface area contributed by atoms with E-state index in [1.54, 1.807) is 12.1 Å². The first-order valence-corrected chi connectivity index (χ1v) is 13.6. The first kappa shape index (κ1) is 31.1. The van der Waals surface area contributed by atoms with Gasteiger partial charge in [0.05, 0.1) is 35.9 Å². The number of nitrogens with zero attached hydrogens (tertiary/aromatic N) is 6. The molecule has 1 aromatic carbocycles. The molecule has 12 nitrogen and oxygen atoms in total. The summed E-state index contributed by atoms with van der Waals surface area (Å²) >= 11 is 0. The van der Waals surface area contributed by atoms with Gasteiger partial charge in [-0.1, -0.05) is 6.07 Å². The predicted molar refractivity (Wildman–Crippen MR) is 155 cm³/mol. The van der Waals surface area contributed by atoms with Crippen LogP contribution in [0.1, 0.15) is 33.7 Å². The molecule has 0 aliphatic heterocycles. The van der Waals surface area contributed by atoms with Crippen LogP contribution in [0.25, 0.3) is 11.3 Å². The van der Waals surface area contributed by atoms with Crippen LogP contribution in [0.15, 0.2) is 42.7 Å². The number of rotatable bonds is 11. The lowest BCUT2D eigenvalue weighted by molar-refractivity contribution is -0.137. The van der Waals surface area contributed by atoms with Crippen LogP contribution in [0.4, 0.5) is 36.3 Å². The average Bonchev–Trinajstić information content (AvgIpc) is 3.42. The number of aryl methyl sites for hydroxylation is 1. The Labute approximate surface area is 246 Å². The lowest BCUT2D eigenvalue weighted by Gasteiger charge is -2.17. The zero-order valence-corrected chi connectivity index (χ0v) is 24.2. The van der Waals surface area contributed by atoms with Gasteiger partial charge in [0.2, 0.25) is 5.95 Å². The molecule has 16 heteroatoms. The minimum Gasteiger partial charge on any atom is -0.495 e. The molecule has 0 aliphatic carbocycles. The number of alkyl halides is 3. The minimum atomic E-state index is -4.83.